The first-order valence-electron chi connectivity index (χ1n) is 8.15. The van der Waals surface area contributed by atoms with Crippen LogP contribution in [0.25, 0.3) is 43.7 Å². The van der Waals surface area contributed by atoms with Gasteiger partial charge in [-0.05, 0) is 37.3 Å². The Kier molecular flexibility index (Phi) is 2.63. The van der Waals surface area contributed by atoms with Crippen LogP contribution < -0.4 is 5.43 Å². The molecule has 0 radical (unpaired) electrons. The maximum Gasteiger partial charge on any atom is 0.201 e. The average molecular weight is 313 g/mol. The summed E-state index contributed by atoms with van der Waals surface area (Å²) in [7, 11) is 0. The van der Waals surface area contributed by atoms with Crippen LogP contribution in [-0.2, 0) is 6.54 Å². The molecule has 0 bridgehead atoms. The van der Waals surface area contributed by atoms with E-state index in [2.05, 4.69) is 29.7 Å². The third kappa shape index (κ3) is 1.59. The van der Waals surface area contributed by atoms with Crippen molar-refractivity contribution in [3.8, 4) is 0 Å². The number of fused-ring (bicyclic) bond motifs is 6. The first-order valence-corrected chi connectivity index (χ1v) is 8.15. The van der Waals surface area contributed by atoms with Gasteiger partial charge in [-0.15, -0.1) is 0 Å². The van der Waals surface area contributed by atoms with Gasteiger partial charge in [0.05, 0.1) is 16.3 Å². The fourth-order valence-corrected chi connectivity index (χ4v) is 3.77. The van der Waals surface area contributed by atoms with E-state index in [1.165, 1.54) is 0 Å². The summed E-state index contributed by atoms with van der Waals surface area (Å²) in [5, 5.41) is 3.40. The van der Waals surface area contributed by atoms with Crippen LogP contribution in [0.4, 0.5) is 0 Å². The van der Waals surface area contributed by atoms with E-state index in [0.717, 1.165) is 28.4 Å². The molecule has 2 aromatic heterocycles. The number of hydrogen-bond donors (Lipinski definition) is 0. The summed E-state index contributed by atoms with van der Waals surface area (Å²) in [4.78, 5) is 13.2. The van der Waals surface area contributed by atoms with Crippen molar-refractivity contribution in [3.63, 3.8) is 0 Å². The lowest BCUT2D eigenvalue weighted by atomic mass is 10.1. The van der Waals surface area contributed by atoms with E-state index in [4.69, 9.17) is 4.42 Å². The SMILES string of the molecule is CCn1c2ccccc2c2c3c(=O)c4ccccc4oc3ccc21. The van der Waals surface area contributed by atoms with Gasteiger partial charge in [-0.3, -0.25) is 4.79 Å². The standard InChI is InChI=1S/C21H15NO2/c1-2-22-15-9-5-3-7-13(15)19-16(22)11-12-18-20(19)21(23)14-8-4-6-10-17(14)24-18/h3-12H,2H2,1H3. The highest BCUT2D eigenvalue weighted by Gasteiger charge is 2.16. The second-order valence-corrected chi connectivity index (χ2v) is 6.02. The average Bonchev–Trinajstić information content (AvgIpc) is 2.95. The molecule has 0 spiro atoms. The van der Waals surface area contributed by atoms with Crippen LogP contribution in [0.5, 0.6) is 0 Å². The van der Waals surface area contributed by atoms with Crippen LogP contribution in [0.2, 0.25) is 0 Å². The van der Waals surface area contributed by atoms with Crippen LogP contribution in [0.3, 0.4) is 0 Å². The molecule has 0 aliphatic carbocycles. The molecule has 3 aromatic carbocycles. The van der Waals surface area contributed by atoms with Gasteiger partial charge < -0.3 is 8.98 Å². The molecule has 5 aromatic rings. The van der Waals surface area contributed by atoms with Gasteiger partial charge in [0, 0.05) is 22.8 Å². The highest BCUT2D eigenvalue weighted by atomic mass is 16.3. The fourth-order valence-electron chi connectivity index (χ4n) is 3.77. The summed E-state index contributed by atoms with van der Waals surface area (Å²) in [6, 6.07) is 19.6. The quantitative estimate of drug-likeness (QED) is 0.405. The fraction of sp³-hybridized carbons (Fsp3) is 0.0952. The molecular weight excluding hydrogens is 298 g/mol. The van der Waals surface area contributed by atoms with Crippen LogP contribution in [0, 0.1) is 0 Å². The zero-order valence-electron chi connectivity index (χ0n) is 13.2. The summed E-state index contributed by atoms with van der Waals surface area (Å²) >= 11 is 0. The summed E-state index contributed by atoms with van der Waals surface area (Å²) in [6.07, 6.45) is 0. The Morgan fingerprint density at radius 2 is 1.54 bits per heavy atom. The van der Waals surface area contributed by atoms with Gasteiger partial charge in [0.15, 0.2) is 0 Å². The van der Waals surface area contributed by atoms with Crippen LogP contribution in [0.15, 0.2) is 69.9 Å². The zero-order valence-corrected chi connectivity index (χ0v) is 13.2. The highest BCUT2D eigenvalue weighted by Crippen LogP contribution is 2.34. The number of aryl methyl sites for hydroxylation is 1. The minimum Gasteiger partial charge on any atom is -0.456 e. The first-order chi connectivity index (χ1) is 11.8. The second kappa shape index (κ2) is 4.71. The van der Waals surface area contributed by atoms with Gasteiger partial charge in [-0.25, -0.2) is 0 Å². The van der Waals surface area contributed by atoms with E-state index in [1.54, 1.807) is 0 Å². The van der Waals surface area contributed by atoms with Crippen LogP contribution in [-0.4, -0.2) is 4.57 Å². The smallest absolute Gasteiger partial charge is 0.201 e. The van der Waals surface area contributed by atoms with Gasteiger partial charge in [0.25, 0.3) is 0 Å². The summed E-state index contributed by atoms with van der Waals surface area (Å²) in [5.41, 5.74) is 3.54. The van der Waals surface area contributed by atoms with Crippen molar-refractivity contribution in [2.75, 3.05) is 0 Å². The summed E-state index contributed by atoms with van der Waals surface area (Å²) in [6.45, 7) is 2.98. The molecule has 0 aliphatic rings. The van der Waals surface area contributed by atoms with Crippen molar-refractivity contribution in [3.05, 3.63) is 70.9 Å². The Labute approximate surface area is 137 Å². The number of rotatable bonds is 1. The lowest BCUT2D eigenvalue weighted by Crippen LogP contribution is -2.02. The molecule has 3 heteroatoms. The van der Waals surface area contributed by atoms with Gasteiger partial charge in [0.2, 0.25) is 5.43 Å². The molecule has 0 N–H and O–H groups in total. The van der Waals surface area contributed by atoms with Crippen LogP contribution in [0.1, 0.15) is 6.92 Å². The molecule has 0 fully saturated rings. The lowest BCUT2D eigenvalue weighted by molar-refractivity contribution is 0.660. The molecule has 0 unspecified atom stereocenters. The molecule has 116 valence electrons. The number of para-hydroxylation sites is 2. The predicted molar refractivity (Wildman–Crippen MR) is 98.7 cm³/mol. The number of benzene rings is 3. The van der Waals surface area contributed by atoms with E-state index < -0.39 is 0 Å². The maximum atomic E-state index is 13.2. The molecular formula is C21H15NO2. The molecule has 0 saturated heterocycles. The molecule has 24 heavy (non-hydrogen) atoms. The maximum absolute atomic E-state index is 13.2. The topological polar surface area (TPSA) is 35.1 Å². The van der Waals surface area contributed by atoms with E-state index in [0.29, 0.717) is 21.9 Å². The van der Waals surface area contributed by atoms with Crippen molar-refractivity contribution in [2.24, 2.45) is 0 Å². The zero-order chi connectivity index (χ0) is 16.3. The van der Waals surface area contributed by atoms with Gasteiger partial charge >= 0.3 is 0 Å². The summed E-state index contributed by atoms with van der Waals surface area (Å²) in [5.74, 6) is 0. The lowest BCUT2D eigenvalue weighted by Gasteiger charge is -2.05. The van der Waals surface area contributed by atoms with E-state index >= 15 is 0 Å². The summed E-state index contributed by atoms with van der Waals surface area (Å²) < 4.78 is 8.27. The van der Waals surface area contributed by atoms with Crippen molar-refractivity contribution in [1.29, 1.82) is 0 Å². The normalized spacial score (nSPS) is 11.9. The Morgan fingerprint density at radius 1 is 0.792 bits per heavy atom. The minimum absolute atomic E-state index is 0.0384. The predicted octanol–water partition coefficient (Wildman–Crippen LogP) is 5.07. The Bertz CT molecular complexity index is 1310. The van der Waals surface area contributed by atoms with Crippen LogP contribution >= 0.6 is 0 Å². The molecule has 3 nitrogen and oxygen atoms in total. The van der Waals surface area contributed by atoms with Crippen molar-refractivity contribution in [1.82, 2.24) is 4.57 Å². The van der Waals surface area contributed by atoms with Gasteiger partial charge in [-0.1, -0.05) is 30.3 Å². The monoisotopic (exact) mass is 313 g/mol. The van der Waals surface area contributed by atoms with Gasteiger partial charge in [-0.2, -0.15) is 0 Å². The molecule has 0 aliphatic heterocycles. The first kappa shape index (κ1) is 13.4. The molecule has 2 heterocycles. The number of nitrogens with zero attached hydrogens (tertiary/aromatic N) is 1. The minimum atomic E-state index is 0.0384. The van der Waals surface area contributed by atoms with Crippen molar-refractivity contribution >= 4 is 43.7 Å². The largest absolute Gasteiger partial charge is 0.456 e. The van der Waals surface area contributed by atoms with Gasteiger partial charge in [0.1, 0.15) is 11.2 Å². The Balaban J connectivity index is 2.15. The molecule has 0 saturated carbocycles. The second-order valence-electron chi connectivity index (χ2n) is 6.02. The highest BCUT2D eigenvalue weighted by molar-refractivity contribution is 6.20. The molecule has 0 amide bonds. The Hall–Kier alpha value is -3.07. The van der Waals surface area contributed by atoms with E-state index in [-0.39, 0.29) is 5.43 Å². The van der Waals surface area contributed by atoms with E-state index in [1.807, 2.05) is 42.5 Å². The molecule has 0 atom stereocenters. The van der Waals surface area contributed by atoms with Crippen molar-refractivity contribution < 1.29 is 4.42 Å². The van der Waals surface area contributed by atoms with E-state index in [9.17, 15) is 4.79 Å². The third-order valence-electron chi connectivity index (χ3n) is 4.79. The number of hydrogen-bond acceptors (Lipinski definition) is 2. The number of aromatic nitrogens is 1. The van der Waals surface area contributed by atoms with Crippen molar-refractivity contribution in [2.45, 2.75) is 13.5 Å². The molecule has 5 rings (SSSR count). The third-order valence-corrected chi connectivity index (χ3v) is 4.79. The Morgan fingerprint density at radius 3 is 2.38 bits per heavy atom.